The average molecular weight is 191 g/mol. The van der Waals surface area contributed by atoms with E-state index in [1.165, 1.54) is 19.2 Å². The number of methoxy groups -OCH3 is 1. The Morgan fingerprint density at radius 1 is 1.38 bits per heavy atom. The van der Waals surface area contributed by atoms with Crippen molar-refractivity contribution in [3.8, 4) is 5.75 Å². The van der Waals surface area contributed by atoms with Gasteiger partial charge in [0, 0.05) is 12.1 Å². The van der Waals surface area contributed by atoms with Gasteiger partial charge in [-0.05, 0) is 17.0 Å². The molecule has 1 aromatic rings. The molecule has 0 atom stereocenters. The summed E-state index contributed by atoms with van der Waals surface area (Å²) in [4.78, 5) is 0.111. The zero-order valence-corrected chi connectivity index (χ0v) is 9.47. The van der Waals surface area contributed by atoms with Crippen LogP contribution in [0.1, 0.15) is 0 Å². The molecule has 0 aliphatic heterocycles. The van der Waals surface area contributed by atoms with Crippen LogP contribution in [-0.4, -0.2) is 17.2 Å². The fourth-order valence-corrected chi connectivity index (χ4v) is 0.761. The van der Waals surface area contributed by atoms with Gasteiger partial charge in [-0.2, -0.15) is 0 Å². The SMILES string of the molecule is COc1ccc([N+]([O-])=NO)cc1.[Na+]. The third kappa shape index (κ3) is 3.22. The van der Waals surface area contributed by atoms with Gasteiger partial charge >= 0.3 is 29.6 Å². The Hall–Kier alpha value is -0.780. The molecule has 1 rings (SSSR count). The van der Waals surface area contributed by atoms with Crippen LogP contribution in [0.4, 0.5) is 5.69 Å². The maximum absolute atomic E-state index is 10.7. The first kappa shape index (κ1) is 12.2. The van der Waals surface area contributed by atoms with Crippen LogP contribution < -0.4 is 34.3 Å². The van der Waals surface area contributed by atoms with Crippen LogP contribution in [0.15, 0.2) is 29.5 Å². The summed E-state index contributed by atoms with van der Waals surface area (Å²) in [5, 5.41) is 21.2. The van der Waals surface area contributed by atoms with Crippen molar-refractivity contribution < 1.29 is 44.4 Å². The summed E-state index contributed by atoms with van der Waals surface area (Å²) in [6.07, 6.45) is 0. The van der Waals surface area contributed by atoms with E-state index >= 15 is 0 Å². The van der Waals surface area contributed by atoms with Crippen molar-refractivity contribution in [1.82, 2.24) is 0 Å². The fourth-order valence-electron chi connectivity index (χ4n) is 0.761. The van der Waals surface area contributed by atoms with Gasteiger partial charge in [0.1, 0.15) is 5.75 Å². The smallest absolute Gasteiger partial charge is 0.592 e. The molecule has 0 heterocycles. The number of nitrogens with zero attached hydrogens (tertiary/aromatic N) is 2. The summed E-state index contributed by atoms with van der Waals surface area (Å²) >= 11 is 0. The maximum Gasteiger partial charge on any atom is 1.00 e. The summed E-state index contributed by atoms with van der Waals surface area (Å²) in [6.45, 7) is 0. The van der Waals surface area contributed by atoms with E-state index in [2.05, 4.69) is 5.28 Å². The van der Waals surface area contributed by atoms with E-state index < -0.39 is 0 Å². The van der Waals surface area contributed by atoms with Gasteiger partial charge in [0.25, 0.3) is 0 Å². The topological polar surface area (TPSA) is 67.9 Å². The molecule has 0 bridgehead atoms. The second-order valence-electron chi connectivity index (χ2n) is 2.06. The van der Waals surface area contributed by atoms with Crippen molar-refractivity contribution in [3.63, 3.8) is 0 Å². The van der Waals surface area contributed by atoms with E-state index in [0.717, 1.165) is 0 Å². The Bertz CT molecular complexity index is 286. The molecular weight excluding hydrogens is 183 g/mol. The minimum atomic E-state index is 0. The number of ether oxygens (including phenoxy) is 1. The Kier molecular flexibility index (Phi) is 5.45. The predicted octanol–water partition coefficient (Wildman–Crippen LogP) is -1.32. The standard InChI is InChI=1S/C7H8N2O3.Na/c1-12-7-4-2-6(3-5-7)9(11)8-10;/h2-5,10H,1H3;/q;+1. The van der Waals surface area contributed by atoms with Gasteiger partial charge in [0.15, 0.2) is 0 Å². The van der Waals surface area contributed by atoms with Crippen LogP contribution in [0.25, 0.3) is 0 Å². The first-order valence-electron chi connectivity index (χ1n) is 3.24. The summed E-state index contributed by atoms with van der Waals surface area (Å²) in [7, 11) is 1.53. The van der Waals surface area contributed by atoms with Crippen molar-refractivity contribution in [2.45, 2.75) is 0 Å². The first-order valence-corrected chi connectivity index (χ1v) is 3.24. The Morgan fingerprint density at radius 2 is 1.92 bits per heavy atom. The molecule has 0 aliphatic rings. The van der Waals surface area contributed by atoms with E-state index in [9.17, 15) is 5.21 Å². The molecule has 1 aromatic carbocycles. The molecule has 0 radical (unpaired) electrons. The van der Waals surface area contributed by atoms with Crippen molar-refractivity contribution >= 4 is 5.69 Å². The molecule has 0 fully saturated rings. The van der Waals surface area contributed by atoms with E-state index in [4.69, 9.17) is 9.94 Å². The molecule has 64 valence electrons. The van der Waals surface area contributed by atoms with Crippen molar-refractivity contribution in [2.75, 3.05) is 7.11 Å². The van der Waals surface area contributed by atoms with E-state index in [0.29, 0.717) is 5.75 Å². The molecular formula is C7H8N2NaO3+. The minimum Gasteiger partial charge on any atom is -0.592 e. The van der Waals surface area contributed by atoms with Gasteiger partial charge in [-0.3, -0.25) is 0 Å². The van der Waals surface area contributed by atoms with Gasteiger partial charge in [-0.15, -0.1) is 0 Å². The van der Waals surface area contributed by atoms with E-state index in [1.54, 1.807) is 12.1 Å². The van der Waals surface area contributed by atoms with E-state index in [1.807, 2.05) is 0 Å². The monoisotopic (exact) mass is 191 g/mol. The molecule has 1 N–H and O–H groups in total. The third-order valence-electron chi connectivity index (χ3n) is 1.37. The molecule has 6 heteroatoms. The van der Waals surface area contributed by atoms with E-state index in [-0.39, 0.29) is 40.1 Å². The van der Waals surface area contributed by atoms with Crippen LogP contribution in [0.3, 0.4) is 0 Å². The second kappa shape index (κ2) is 5.80. The fraction of sp³-hybridized carbons (Fsp3) is 0.143. The summed E-state index contributed by atoms with van der Waals surface area (Å²) in [6, 6.07) is 6.19. The Morgan fingerprint density at radius 3 is 2.31 bits per heavy atom. The largest absolute Gasteiger partial charge is 1.00 e. The molecule has 0 amide bonds. The van der Waals surface area contributed by atoms with Gasteiger partial charge in [0.05, 0.1) is 7.11 Å². The predicted molar refractivity (Wildman–Crippen MR) is 40.5 cm³/mol. The number of benzene rings is 1. The third-order valence-corrected chi connectivity index (χ3v) is 1.37. The molecule has 13 heavy (non-hydrogen) atoms. The summed E-state index contributed by atoms with van der Waals surface area (Å²) < 4.78 is 4.87. The molecule has 0 saturated carbocycles. The van der Waals surface area contributed by atoms with Crippen LogP contribution in [0.5, 0.6) is 5.75 Å². The van der Waals surface area contributed by atoms with Crippen molar-refractivity contribution in [1.29, 1.82) is 0 Å². The maximum atomic E-state index is 10.7. The number of rotatable bonds is 2. The number of hydrogen-bond acceptors (Lipinski definition) is 3. The average Bonchev–Trinajstić information content (AvgIpc) is 2.17. The van der Waals surface area contributed by atoms with Gasteiger partial charge in [-0.1, -0.05) is 0 Å². The van der Waals surface area contributed by atoms with Crippen LogP contribution in [0, 0.1) is 5.21 Å². The minimum absolute atomic E-state index is 0. The molecule has 0 saturated heterocycles. The normalized spacial score (nSPS) is 10.4. The summed E-state index contributed by atoms with van der Waals surface area (Å²) in [5.41, 5.74) is 0.248. The Labute approximate surface area is 97.5 Å². The van der Waals surface area contributed by atoms with Gasteiger partial charge in [-0.25, -0.2) is 0 Å². The van der Waals surface area contributed by atoms with Crippen molar-refractivity contribution in [2.24, 2.45) is 5.28 Å². The number of hydrogen-bond donors (Lipinski definition) is 1. The van der Waals surface area contributed by atoms with Gasteiger partial charge in [0.2, 0.25) is 11.0 Å². The molecule has 0 unspecified atom stereocenters. The second-order valence-corrected chi connectivity index (χ2v) is 2.06. The zero-order chi connectivity index (χ0) is 8.97. The molecule has 5 nitrogen and oxygen atoms in total. The first-order chi connectivity index (χ1) is 5.77. The van der Waals surface area contributed by atoms with Crippen LogP contribution >= 0.6 is 0 Å². The van der Waals surface area contributed by atoms with Crippen LogP contribution in [-0.2, 0) is 0 Å². The molecule has 0 spiro atoms. The summed E-state index contributed by atoms with van der Waals surface area (Å²) in [5.74, 6) is 0.644. The quantitative estimate of drug-likeness (QED) is 0.273. The Balaban J connectivity index is 0.00000144. The zero-order valence-electron chi connectivity index (χ0n) is 7.47. The molecule has 0 aliphatic carbocycles. The molecule has 0 aromatic heterocycles. The van der Waals surface area contributed by atoms with Crippen molar-refractivity contribution in [3.05, 3.63) is 29.5 Å². The van der Waals surface area contributed by atoms with Gasteiger partial charge < -0.3 is 15.2 Å². The van der Waals surface area contributed by atoms with Crippen LogP contribution in [0.2, 0.25) is 0 Å².